The van der Waals surface area contributed by atoms with E-state index in [9.17, 15) is 4.79 Å². The van der Waals surface area contributed by atoms with E-state index >= 15 is 0 Å². The van der Waals surface area contributed by atoms with Crippen LogP contribution in [0.5, 0.6) is 0 Å². The van der Waals surface area contributed by atoms with E-state index < -0.39 is 0 Å². The van der Waals surface area contributed by atoms with Crippen LogP contribution in [-0.4, -0.2) is 19.0 Å². The Morgan fingerprint density at radius 1 is 1.47 bits per heavy atom. The first-order valence-corrected chi connectivity index (χ1v) is 4.94. The molecule has 0 fully saturated rings. The number of nitrogens with zero attached hydrogens (tertiary/aromatic N) is 1. The predicted molar refractivity (Wildman–Crippen MR) is 60.7 cm³/mol. The summed E-state index contributed by atoms with van der Waals surface area (Å²) in [6.45, 7) is 1.54. The number of nitrogens with one attached hydrogen (secondary N) is 1. The molecule has 0 unspecified atom stereocenters. The predicted octanol–water partition coefficient (Wildman–Crippen LogP) is 1.47. The number of fused-ring (bicyclic) bond motifs is 1. The van der Waals surface area contributed by atoms with Gasteiger partial charge in [0.05, 0.1) is 11.4 Å². The molecule has 1 heterocycles. The van der Waals surface area contributed by atoms with Gasteiger partial charge in [0.1, 0.15) is 0 Å². The summed E-state index contributed by atoms with van der Waals surface area (Å²) in [4.78, 5) is 13.2. The summed E-state index contributed by atoms with van der Waals surface area (Å²) in [5.41, 5.74) is 1.84. The maximum atomic E-state index is 11.5. The van der Waals surface area contributed by atoms with Crippen LogP contribution in [-0.2, 0) is 4.79 Å². The molecule has 1 aliphatic heterocycles. The molecular formula is C12H12N2O. The number of carbonyl (C=O) groups excluding carboxylic acids is 1. The highest BCUT2D eigenvalue weighted by atomic mass is 16.2. The number of benzene rings is 1. The molecule has 0 aliphatic carbocycles. The third-order valence-electron chi connectivity index (χ3n) is 2.44. The van der Waals surface area contributed by atoms with Gasteiger partial charge in [-0.25, -0.2) is 0 Å². The average Bonchev–Trinajstić information content (AvgIpc) is 2.50. The van der Waals surface area contributed by atoms with E-state index in [1.807, 2.05) is 24.3 Å². The maximum Gasteiger partial charge on any atom is 0.302 e. The van der Waals surface area contributed by atoms with Gasteiger partial charge < -0.3 is 5.32 Å². The lowest BCUT2D eigenvalue weighted by molar-refractivity contribution is -0.113. The molecule has 0 spiro atoms. The molecule has 1 amide bonds. The van der Waals surface area contributed by atoms with Crippen molar-refractivity contribution in [2.45, 2.75) is 6.42 Å². The molecule has 0 saturated carbocycles. The number of carbonyl (C=O) groups is 1. The van der Waals surface area contributed by atoms with Gasteiger partial charge in [0.25, 0.3) is 0 Å². The Balaban J connectivity index is 2.42. The van der Waals surface area contributed by atoms with E-state index in [4.69, 9.17) is 6.42 Å². The third kappa shape index (κ3) is 1.79. The summed E-state index contributed by atoms with van der Waals surface area (Å²) in [6, 6.07) is 7.71. The number of para-hydroxylation sites is 2. The zero-order valence-corrected chi connectivity index (χ0v) is 8.36. The molecule has 15 heavy (non-hydrogen) atoms. The summed E-state index contributed by atoms with van der Waals surface area (Å²) in [7, 11) is 0. The first-order valence-electron chi connectivity index (χ1n) is 4.94. The van der Waals surface area contributed by atoms with Crippen molar-refractivity contribution in [1.29, 1.82) is 0 Å². The Morgan fingerprint density at radius 3 is 3.07 bits per heavy atom. The monoisotopic (exact) mass is 200 g/mol. The molecule has 0 saturated heterocycles. The largest absolute Gasteiger partial charge is 0.383 e. The van der Waals surface area contributed by atoms with E-state index in [0.29, 0.717) is 6.54 Å². The third-order valence-corrected chi connectivity index (χ3v) is 2.44. The van der Waals surface area contributed by atoms with Gasteiger partial charge in [0.15, 0.2) is 0 Å². The molecule has 76 valence electrons. The van der Waals surface area contributed by atoms with Crippen LogP contribution in [0.2, 0.25) is 0 Å². The fraction of sp³-hybridized carbons (Fsp3) is 0.250. The van der Waals surface area contributed by atoms with E-state index in [0.717, 1.165) is 24.3 Å². The van der Waals surface area contributed by atoms with Crippen molar-refractivity contribution in [1.82, 2.24) is 0 Å². The highest BCUT2D eigenvalue weighted by molar-refractivity contribution is 6.07. The minimum Gasteiger partial charge on any atom is -0.383 e. The first-order chi connectivity index (χ1) is 7.33. The summed E-state index contributed by atoms with van der Waals surface area (Å²) < 4.78 is 0. The van der Waals surface area contributed by atoms with Crippen LogP contribution < -0.4 is 10.2 Å². The quantitative estimate of drug-likeness (QED) is 0.643. The van der Waals surface area contributed by atoms with Gasteiger partial charge in [-0.3, -0.25) is 9.69 Å². The van der Waals surface area contributed by atoms with Gasteiger partial charge in [-0.05, 0) is 24.5 Å². The summed E-state index contributed by atoms with van der Waals surface area (Å²) in [5.74, 6) is 1.89. The van der Waals surface area contributed by atoms with Crippen molar-refractivity contribution in [3.63, 3.8) is 0 Å². The van der Waals surface area contributed by atoms with Gasteiger partial charge in [-0.1, -0.05) is 12.1 Å². The van der Waals surface area contributed by atoms with Crippen LogP contribution >= 0.6 is 0 Å². The smallest absolute Gasteiger partial charge is 0.302 e. The van der Waals surface area contributed by atoms with Crippen molar-refractivity contribution < 1.29 is 4.79 Å². The molecule has 2 rings (SSSR count). The molecular weight excluding hydrogens is 188 g/mol. The van der Waals surface area contributed by atoms with Crippen LogP contribution in [0.15, 0.2) is 24.3 Å². The van der Waals surface area contributed by atoms with Crippen LogP contribution in [0.25, 0.3) is 0 Å². The second kappa shape index (κ2) is 4.05. The maximum absolute atomic E-state index is 11.5. The Bertz CT molecular complexity index is 420. The first kappa shape index (κ1) is 9.60. The van der Waals surface area contributed by atoms with Crippen LogP contribution in [0.3, 0.4) is 0 Å². The average molecular weight is 200 g/mol. The highest BCUT2D eigenvalue weighted by Crippen LogP contribution is 2.27. The van der Waals surface area contributed by atoms with E-state index in [2.05, 4.69) is 11.2 Å². The Morgan fingerprint density at radius 2 is 2.27 bits per heavy atom. The van der Waals surface area contributed by atoms with Gasteiger partial charge in [0.2, 0.25) is 0 Å². The molecule has 0 aromatic heterocycles. The van der Waals surface area contributed by atoms with Crippen LogP contribution in [0, 0.1) is 12.3 Å². The number of hydrogen-bond acceptors (Lipinski definition) is 2. The lowest BCUT2D eigenvalue weighted by atomic mass is 10.2. The van der Waals surface area contributed by atoms with Gasteiger partial charge in [0, 0.05) is 13.1 Å². The number of hydrogen-bond donors (Lipinski definition) is 1. The highest BCUT2D eigenvalue weighted by Gasteiger charge is 2.18. The van der Waals surface area contributed by atoms with Crippen molar-refractivity contribution in [2.24, 2.45) is 0 Å². The van der Waals surface area contributed by atoms with E-state index in [1.165, 1.54) is 0 Å². The summed E-state index contributed by atoms with van der Waals surface area (Å²) >= 11 is 0. The van der Waals surface area contributed by atoms with Gasteiger partial charge >= 0.3 is 5.91 Å². The fourth-order valence-electron chi connectivity index (χ4n) is 1.73. The molecule has 1 aromatic carbocycles. The van der Waals surface area contributed by atoms with Crippen molar-refractivity contribution in [3.05, 3.63) is 24.3 Å². The van der Waals surface area contributed by atoms with Crippen molar-refractivity contribution in [2.75, 3.05) is 23.3 Å². The second-order valence-electron chi connectivity index (χ2n) is 3.40. The van der Waals surface area contributed by atoms with Crippen molar-refractivity contribution >= 4 is 17.3 Å². The zero-order chi connectivity index (χ0) is 10.7. The molecule has 0 bridgehead atoms. The Kier molecular flexibility index (Phi) is 2.59. The zero-order valence-electron chi connectivity index (χ0n) is 8.36. The normalized spacial score (nSPS) is 14.5. The van der Waals surface area contributed by atoms with Crippen LogP contribution in [0.4, 0.5) is 11.4 Å². The molecule has 0 radical (unpaired) electrons. The molecule has 1 aromatic rings. The lowest BCUT2D eigenvalue weighted by Gasteiger charge is -2.19. The SMILES string of the molecule is C#CC(=O)N1CCCNc2ccccc21. The van der Waals surface area contributed by atoms with Gasteiger partial charge in [-0.2, -0.15) is 0 Å². The minimum absolute atomic E-state index is 0.272. The van der Waals surface area contributed by atoms with Gasteiger partial charge in [-0.15, -0.1) is 6.42 Å². The second-order valence-corrected chi connectivity index (χ2v) is 3.40. The number of rotatable bonds is 0. The summed E-state index contributed by atoms with van der Waals surface area (Å²) in [6.07, 6.45) is 6.05. The topological polar surface area (TPSA) is 32.3 Å². The standard InChI is InChI=1S/C12H12N2O/c1-2-12(15)14-9-5-8-13-10-6-3-4-7-11(10)14/h1,3-4,6-7,13H,5,8-9H2. The number of amides is 1. The lowest BCUT2D eigenvalue weighted by Crippen LogP contribution is -2.30. The molecule has 1 aliphatic rings. The summed E-state index contributed by atoms with van der Waals surface area (Å²) in [5, 5.41) is 3.27. The molecule has 1 N–H and O–H groups in total. The minimum atomic E-state index is -0.272. The van der Waals surface area contributed by atoms with Crippen LogP contribution in [0.1, 0.15) is 6.42 Å². The fourth-order valence-corrected chi connectivity index (χ4v) is 1.73. The molecule has 0 atom stereocenters. The molecule has 3 heteroatoms. The van der Waals surface area contributed by atoms with Crippen molar-refractivity contribution in [3.8, 4) is 12.3 Å². The van der Waals surface area contributed by atoms with E-state index in [-0.39, 0.29) is 5.91 Å². The molecule has 3 nitrogen and oxygen atoms in total. The Hall–Kier alpha value is -1.95. The number of terminal acetylenes is 1. The number of anilines is 2. The van der Waals surface area contributed by atoms with E-state index in [1.54, 1.807) is 4.90 Å². The Labute approximate surface area is 89.1 Å².